The van der Waals surface area contributed by atoms with Gasteiger partial charge in [0, 0.05) is 5.39 Å². The SMILES string of the molecule is Cc1cccc(OCCNC(=O)[C@H](C)Oc2cccc3ccccc23)c1. The number of nitrogens with one attached hydrogen (secondary N) is 1. The smallest absolute Gasteiger partial charge is 0.260 e. The molecular formula is C22H23NO3. The molecule has 0 aromatic heterocycles. The van der Waals surface area contributed by atoms with E-state index in [0.29, 0.717) is 18.9 Å². The van der Waals surface area contributed by atoms with Crippen LogP contribution in [0, 0.1) is 6.92 Å². The van der Waals surface area contributed by atoms with Gasteiger partial charge in [-0.15, -0.1) is 0 Å². The van der Waals surface area contributed by atoms with Gasteiger partial charge in [0.05, 0.1) is 6.54 Å². The molecule has 3 rings (SSSR count). The van der Waals surface area contributed by atoms with Crippen LogP contribution in [-0.2, 0) is 4.79 Å². The monoisotopic (exact) mass is 349 g/mol. The minimum Gasteiger partial charge on any atom is -0.492 e. The van der Waals surface area contributed by atoms with E-state index in [2.05, 4.69) is 5.32 Å². The molecule has 0 unspecified atom stereocenters. The summed E-state index contributed by atoms with van der Waals surface area (Å²) in [5.74, 6) is 1.35. The Morgan fingerprint density at radius 2 is 1.81 bits per heavy atom. The Kier molecular flexibility index (Phi) is 5.74. The van der Waals surface area contributed by atoms with Gasteiger partial charge in [0.2, 0.25) is 0 Å². The third kappa shape index (κ3) is 4.54. The second-order valence-electron chi connectivity index (χ2n) is 6.19. The molecule has 0 saturated heterocycles. The molecule has 134 valence electrons. The predicted octanol–water partition coefficient (Wildman–Crippen LogP) is 4.11. The van der Waals surface area contributed by atoms with Gasteiger partial charge in [-0.3, -0.25) is 4.79 Å². The summed E-state index contributed by atoms with van der Waals surface area (Å²) in [5, 5.41) is 4.93. The van der Waals surface area contributed by atoms with Gasteiger partial charge in [-0.2, -0.15) is 0 Å². The van der Waals surface area contributed by atoms with Crippen molar-refractivity contribution in [2.75, 3.05) is 13.2 Å². The number of rotatable bonds is 7. The minimum atomic E-state index is -0.584. The summed E-state index contributed by atoms with van der Waals surface area (Å²) in [6.45, 7) is 4.60. The molecule has 0 saturated carbocycles. The van der Waals surface area contributed by atoms with Gasteiger partial charge in [0.15, 0.2) is 6.10 Å². The van der Waals surface area contributed by atoms with E-state index < -0.39 is 6.10 Å². The summed E-state index contributed by atoms with van der Waals surface area (Å²) < 4.78 is 11.5. The number of carbonyl (C=O) groups is 1. The lowest BCUT2D eigenvalue weighted by atomic mass is 10.1. The number of fused-ring (bicyclic) bond motifs is 1. The summed E-state index contributed by atoms with van der Waals surface area (Å²) in [6.07, 6.45) is -0.584. The van der Waals surface area contributed by atoms with Gasteiger partial charge >= 0.3 is 0 Å². The molecule has 1 atom stereocenters. The second kappa shape index (κ2) is 8.39. The van der Waals surface area contributed by atoms with Crippen LogP contribution in [0.5, 0.6) is 11.5 Å². The maximum absolute atomic E-state index is 12.3. The van der Waals surface area contributed by atoms with Crippen LogP contribution in [0.2, 0.25) is 0 Å². The highest BCUT2D eigenvalue weighted by molar-refractivity contribution is 5.89. The fraction of sp³-hybridized carbons (Fsp3) is 0.227. The minimum absolute atomic E-state index is 0.161. The van der Waals surface area contributed by atoms with Crippen molar-refractivity contribution in [2.24, 2.45) is 0 Å². The first-order chi connectivity index (χ1) is 12.6. The van der Waals surface area contributed by atoms with Crippen LogP contribution >= 0.6 is 0 Å². The van der Waals surface area contributed by atoms with Crippen molar-refractivity contribution in [3.05, 3.63) is 72.3 Å². The molecule has 0 aliphatic heterocycles. The Morgan fingerprint density at radius 1 is 1.04 bits per heavy atom. The molecule has 26 heavy (non-hydrogen) atoms. The molecule has 0 aliphatic carbocycles. The van der Waals surface area contributed by atoms with Crippen molar-refractivity contribution in [3.8, 4) is 11.5 Å². The number of benzene rings is 3. The van der Waals surface area contributed by atoms with Gasteiger partial charge in [-0.25, -0.2) is 0 Å². The highest BCUT2D eigenvalue weighted by Gasteiger charge is 2.15. The molecule has 0 radical (unpaired) electrons. The van der Waals surface area contributed by atoms with E-state index in [1.165, 1.54) is 0 Å². The molecule has 0 heterocycles. The average Bonchev–Trinajstić information content (AvgIpc) is 2.65. The zero-order valence-corrected chi connectivity index (χ0v) is 15.1. The molecule has 0 spiro atoms. The van der Waals surface area contributed by atoms with E-state index in [1.54, 1.807) is 6.92 Å². The first kappa shape index (κ1) is 17.8. The third-order valence-corrected chi connectivity index (χ3v) is 4.08. The van der Waals surface area contributed by atoms with E-state index in [9.17, 15) is 4.79 Å². The van der Waals surface area contributed by atoms with Gasteiger partial charge < -0.3 is 14.8 Å². The van der Waals surface area contributed by atoms with Gasteiger partial charge in [0.25, 0.3) is 5.91 Å². The molecule has 3 aromatic rings. The first-order valence-electron chi connectivity index (χ1n) is 8.75. The lowest BCUT2D eigenvalue weighted by Crippen LogP contribution is -2.38. The summed E-state index contributed by atoms with van der Waals surface area (Å²) in [5.41, 5.74) is 1.14. The maximum atomic E-state index is 12.3. The highest BCUT2D eigenvalue weighted by Crippen LogP contribution is 2.26. The summed E-state index contributed by atoms with van der Waals surface area (Å²) in [4.78, 5) is 12.3. The fourth-order valence-electron chi connectivity index (χ4n) is 2.73. The van der Waals surface area contributed by atoms with E-state index in [-0.39, 0.29) is 5.91 Å². The van der Waals surface area contributed by atoms with E-state index in [4.69, 9.17) is 9.47 Å². The Bertz CT molecular complexity index is 886. The molecule has 1 N–H and O–H groups in total. The Hall–Kier alpha value is -3.01. The normalized spacial score (nSPS) is 11.8. The largest absolute Gasteiger partial charge is 0.492 e. The molecule has 4 nitrogen and oxygen atoms in total. The van der Waals surface area contributed by atoms with Gasteiger partial charge in [-0.05, 0) is 43.0 Å². The topological polar surface area (TPSA) is 47.6 Å². The van der Waals surface area contributed by atoms with E-state index in [0.717, 1.165) is 22.1 Å². The lowest BCUT2D eigenvalue weighted by Gasteiger charge is -2.16. The van der Waals surface area contributed by atoms with Crippen molar-refractivity contribution in [3.63, 3.8) is 0 Å². The van der Waals surface area contributed by atoms with Gasteiger partial charge in [0.1, 0.15) is 18.1 Å². The second-order valence-corrected chi connectivity index (χ2v) is 6.19. The molecular weight excluding hydrogens is 326 g/mol. The molecule has 3 aromatic carbocycles. The molecule has 0 fully saturated rings. The van der Waals surface area contributed by atoms with Crippen LogP contribution in [0.3, 0.4) is 0 Å². The summed E-state index contributed by atoms with van der Waals surface area (Å²) >= 11 is 0. The Morgan fingerprint density at radius 3 is 2.65 bits per heavy atom. The molecule has 1 amide bonds. The predicted molar refractivity (Wildman–Crippen MR) is 104 cm³/mol. The van der Waals surface area contributed by atoms with E-state index >= 15 is 0 Å². The zero-order valence-electron chi connectivity index (χ0n) is 15.1. The zero-order chi connectivity index (χ0) is 18.4. The van der Waals surface area contributed by atoms with Crippen LogP contribution in [0.4, 0.5) is 0 Å². The number of ether oxygens (including phenoxy) is 2. The molecule has 4 heteroatoms. The quantitative estimate of drug-likeness (QED) is 0.653. The van der Waals surface area contributed by atoms with Crippen molar-refractivity contribution >= 4 is 16.7 Å². The van der Waals surface area contributed by atoms with Crippen LogP contribution in [0.1, 0.15) is 12.5 Å². The highest BCUT2D eigenvalue weighted by atomic mass is 16.5. The number of hydrogen-bond donors (Lipinski definition) is 1. The Labute approximate surface area is 153 Å². The lowest BCUT2D eigenvalue weighted by molar-refractivity contribution is -0.127. The number of hydrogen-bond acceptors (Lipinski definition) is 3. The molecule has 0 aliphatic rings. The number of amides is 1. The van der Waals surface area contributed by atoms with Crippen molar-refractivity contribution in [1.82, 2.24) is 5.32 Å². The maximum Gasteiger partial charge on any atom is 0.260 e. The van der Waals surface area contributed by atoms with Crippen molar-refractivity contribution in [1.29, 1.82) is 0 Å². The third-order valence-electron chi connectivity index (χ3n) is 4.08. The summed E-state index contributed by atoms with van der Waals surface area (Å²) in [7, 11) is 0. The van der Waals surface area contributed by atoms with Crippen LogP contribution in [0.15, 0.2) is 66.7 Å². The standard InChI is InChI=1S/C22H23NO3/c1-16-7-5-10-19(15-16)25-14-13-23-22(24)17(2)26-21-12-6-9-18-8-3-4-11-20(18)21/h3-12,15,17H,13-14H2,1-2H3,(H,23,24)/t17-/m0/s1. The average molecular weight is 349 g/mol. The van der Waals surface area contributed by atoms with Crippen LogP contribution in [-0.4, -0.2) is 25.2 Å². The van der Waals surface area contributed by atoms with Crippen LogP contribution < -0.4 is 14.8 Å². The Balaban J connectivity index is 1.50. The fourth-order valence-corrected chi connectivity index (χ4v) is 2.73. The number of carbonyl (C=O) groups excluding carboxylic acids is 1. The van der Waals surface area contributed by atoms with E-state index in [1.807, 2.05) is 73.7 Å². The number of aryl methyl sites for hydroxylation is 1. The van der Waals surface area contributed by atoms with Crippen molar-refractivity contribution in [2.45, 2.75) is 20.0 Å². The van der Waals surface area contributed by atoms with Gasteiger partial charge in [-0.1, -0.05) is 48.5 Å². The van der Waals surface area contributed by atoms with Crippen molar-refractivity contribution < 1.29 is 14.3 Å². The van der Waals surface area contributed by atoms with Crippen LogP contribution in [0.25, 0.3) is 10.8 Å². The first-order valence-corrected chi connectivity index (χ1v) is 8.75. The summed E-state index contributed by atoms with van der Waals surface area (Å²) in [6, 6.07) is 21.6. The molecule has 0 bridgehead atoms.